The van der Waals surface area contributed by atoms with Crippen molar-refractivity contribution in [3.63, 3.8) is 0 Å². The molecule has 1 N–H and O–H groups in total. The maximum Gasteiger partial charge on any atom is 0.196 e. The van der Waals surface area contributed by atoms with E-state index in [0.29, 0.717) is 18.8 Å². The summed E-state index contributed by atoms with van der Waals surface area (Å²) in [5.74, 6) is 0.00227. The maximum atomic E-state index is 11.4. The van der Waals surface area contributed by atoms with Crippen LogP contribution in [0.5, 0.6) is 0 Å². The van der Waals surface area contributed by atoms with Crippen LogP contribution in [0.3, 0.4) is 0 Å². The highest BCUT2D eigenvalue weighted by molar-refractivity contribution is 5.95. The Morgan fingerprint density at radius 1 is 1.85 bits per heavy atom. The van der Waals surface area contributed by atoms with Gasteiger partial charge in [-0.2, -0.15) is 5.10 Å². The van der Waals surface area contributed by atoms with Crippen LogP contribution < -0.4 is 5.32 Å². The summed E-state index contributed by atoms with van der Waals surface area (Å²) in [4.78, 5) is 11.4. The highest BCUT2D eigenvalue weighted by Crippen LogP contribution is 1.94. The Morgan fingerprint density at radius 2 is 2.62 bits per heavy atom. The molecule has 0 aromatic carbocycles. The van der Waals surface area contributed by atoms with Gasteiger partial charge in [0.1, 0.15) is 5.69 Å². The van der Waals surface area contributed by atoms with Crippen molar-refractivity contribution in [2.75, 3.05) is 13.1 Å². The van der Waals surface area contributed by atoms with Gasteiger partial charge in [0.15, 0.2) is 5.78 Å². The fourth-order valence-electron chi connectivity index (χ4n) is 0.942. The number of carbonyl (C=O) groups excluding carboxylic acids is 1. The monoisotopic (exact) mass is 179 g/mol. The number of ketones is 1. The lowest BCUT2D eigenvalue weighted by Crippen LogP contribution is -2.23. The Bertz CT molecular complexity index is 304. The van der Waals surface area contributed by atoms with Gasteiger partial charge in [-0.15, -0.1) is 6.58 Å². The van der Waals surface area contributed by atoms with E-state index in [4.69, 9.17) is 0 Å². The van der Waals surface area contributed by atoms with E-state index in [9.17, 15) is 4.79 Å². The first-order chi connectivity index (χ1) is 6.24. The molecule has 0 saturated carbocycles. The molecule has 0 unspecified atom stereocenters. The van der Waals surface area contributed by atoms with Gasteiger partial charge in [0, 0.05) is 19.8 Å². The molecule has 0 atom stereocenters. The van der Waals surface area contributed by atoms with Crippen LogP contribution in [0.1, 0.15) is 10.5 Å². The van der Waals surface area contributed by atoms with Crippen molar-refractivity contribution < 1.29 is 4.79 Å². The molecule has 4 nitrogen and oxygen atoms in total. The highest BCUT2D eigenvalue weighted by Gasteiger charge is 2.06. The molecule has 0 fully saturated rings. The molecule has 1 heterocycles. The normalized spacial score (nSPS) is 9.92. The topological polar surface area (TPSA) is 46.9 Å². The van der Waals surface area contributed by atoms with Gasteiger partial charge in [-0.25, -0.2) is 0 Å². The number of hydrogen-bond donors (Lipinski definition) is 1. The molecule has 70 valence electrons. The van der Waals surface area contributed by atoms with Crippen molar-refractivity contribution in [2.24, 2.45) is 7.05 Å². The average Bonchev–Trinajstić information content (AvgIpc) is 2.52. The number of nitrogens with one attached hydrogen (secondary N) is 1. The smallest absolute Gasteiger partial charge is 0.196 e. The first-order valence-corrected chi connectivity index (χ1v) is 4.08. The molecule has 0 saturated heterocycles. The molecule has 0 aliphatic rings. The quantitative estimate of drug-likeness (QED) is 0.404. The molecule has 0 aliphatic heterocycles. The van der Waals surface area contributed by atoms with E-state index in [1.54, 1.807) is 30.1 Å². The Kier molecular flexibility index (Phi) is 3.40. The second-order valence-electron chi connectivity index (χ2n) is 2.72. The molecule has 0 bridgehead atoms. The minimum atomic E-state index is 0.00227. The summed E-state index contributed by atoms with van der Waals surface area (Å²) in [5, 5.41) is 6.92. The van der Waals surface area contributed by atoms with Crippen LogP contribution in [-0.4, -0.2) is 28.7 Å². The lowest BCUT2D eigenvalue weighted by molar-refractivity contribution is 0.0987. The third kappa shape index (κ3) is 2.83. The molecule has 4 heteroatoms. The van der Waals surface area contributed by atoms with E-state index in [1.165, 1.54) is 0 Å². The molecule has 1 rings (SSSR count). The van der Waals surface area contributed by atoms with Gasteiger partial charge < -0.3 is 5.32 Å². The van der Waals surface area contributed by atoms with E-state index in [2.05, 4.69) is 17.0 Å². The van der Waals surface area contributed by atoms with E-state index in [0.717, 1.165) is 0 Å². The zero-order valence-corrected chi connectivity index (χ0v) is 7.66. The fraction of sp³-hybridized carbons (Fsp3) is 0.333. The predicted octanol–water partition coefficient (Wildman–Crippen LogP) is 0.378. The summed E-state index contributed by atoms with van der Waals surface area (Å²) in [6.45, 7) is 4.49. The summed E-state index contributed by atoms with van der Waals surface area (Å²) >= 11 is 0. The lowest BCUT2D eigenvalue weighted by Gasteiger charge is -1.97. The first-order valence-electron chi connectivity index (χ1n) is 4.08. The van der Waals surface area contributed by atoms with Crippen molar-refractivity contribution in [1.82, 2.24) is 15.1 Å². The van der Waals surface area contributed by atoms with Crippen molar-refractivity contribution in [1.29, 1.82) is 0 Å². The van der Waals surface area contributed by atoms with Crippen LogP contribution in [-0.2, 0) is 7.05 Å². The number of carbonyl (C=O) groups is 1. The summed E-state index contributed by atoms with van der Waals surface area (Å²) in [6.07, 6.45) is 3.46. The Labute approximate surface area is 77.3 Å². The fourth-order valence-corrected chi connectivity index (χ4v) is 0.942. The molecule has 0 spiro atoms. The second-order valence-corrected chi connectivity index (χ2v) is 2.72. The van der Waals surface area contributed by atoms with Gasteiger partial charge in [0.2, 0.25) is 0 Å². The summed E-state index contributed by atoms with van der Waals surface area (Å²) < 4.78 is 1.61. The van der Waals surface area contributed by atoms with Gasteiger partial charge in [0.25, 0.3) is 0 Å². The van der Waals surface area contributed by atoms with Crippen LogP contribution >= 0.6 is 0 Å². The third-order valence-corrected chi connectivity index (χ3v) is 1.57. The molecule has 0 amide bonds. The molecular weight excluding hydrogens is 166 g/mol. The number of aromatic nitrogens is 2. The van der Waals surface area contributed by atoms with Gasteiger partial charge in [0.05, 0.1) is 6.54 Å². The standard InChI is InChI=1S/C9H13N3O/c1-3-5-10-7-9(13)8-4-6-12(2)11-8/h3-4,6,10H,1,5,7H2,2H3. The number of rotatable bonds is 5. The SMILES string of the molecule is C=CCNCC(=O)c1ccn(C)n1. The molecule has 0 radical (unpaired) electrons. The van der Waals surface area contributed by atoms with E-state index < -0.39 is 0 Å². The van der Waals surface area contributed by atoms with Gasteiger partial charge in [-0.3, -0.25) is 9.48 Å². The first kappa shape index (κ1) is 9.67. The van der Waals surface area contributed by atoms with Crippen LogP contribution in [0.25, 0.3) is 0 Å². The summed E-state index contributed by atoms with van der Waals surface area (Å²) in [7, 11) is 1.79. The predicted molar refractivity (Wildman–Crippen MR) is 50.6 cm³/mol. The van der Waals surface area contributed by atoms with E-state index in [1.807, 2.05) is 0 Å². The average molecular weight is 179 g/mol. The van der Waals surface area contributed by atoms with E-state index in [-0.39, 0.29) is 5.78 Å². The van der Waals surface area contributed by atoms with Crippen LogP contribution in [0, 0.1) is 0 Å². The number of Topliss-reactive ketones (excluding diaryl/α,β-unsaturated/α-hetero) is 1. The van der Waals surface area contributed by atoms with Crippen molar-refractivity contribution >= 4 is 5.78 Å². The van der Waals surface area contributed by atoms with Gasteiger partial charge in [-0.05, 0) is 6.07 Å². The molecule has 0 aliphatic carbocycles. The second kappa shape index (κ2) is 4.57. The number of hydrogen-bond acceptors (Lipinski definition) is 3. The number of nitrogens with zero attached hydrogens (tertiary/aromatic N) is 2. The van der Waals surface area contributed by atoms with Crippen LogP contribution in [0.15, 0.2) is 24.9 Å². The third-order valence-electron chi connectivity index (χ3n) is 1.57. The Morgan fingerprint density at radius 3 is 3.15 bits per heavy atom. The van der Waals surface area contributed by atoms with Crippen molar-refractivity contribution in [2.45, 2.75) is 0 Å². The zero-order valence-electron chi connectivity index (χ0n) is 7.66. The number of aryl methyl sites for hydroxylation is 1. The van der Waals surface area contributed by atoms with Gasteiger partial charge in [-0.1, -0.05) is 6.08 Å². The molecular formula is C9H13N3O. The lowest BCUT2D eigenvalue weighted by atomic mass is 10.3. The minimum absolute atomic E-state index is 0.00227. The highest BCUT2D eigenvalue weighted by atomic mass is 16.1. The van der Waals surface area contributed by atoms with Crippen molar-refractivity contribution in [3.8, 4) is 0 Å². The summed E-state index contributed by atoms with van der Waals surface area (Å²) in [6, 6.07) is 1.71. The largest absolute Gasteiger partial charge is 0.306 e. The molecule has 13 heavy (non-hydrogen) atoms. The van der Waals surface area contributed by atoms with Crippen LogP contribution in [0.2, 0.25) is 0 Å². The van der Waals surface area contributed by atoms with Gasteiger partial charge >= 0.3 is 0 Å². The Balaban J connectivity index is 2.44. The maximum absolute atomic E-state index is 11.4. The minimum Gasteiger partial charge on any atom is -0.306 e. The molecule has 1 aromatic heterocycles. The zero-order chi connectivity index (χ0) is 9.68. The van der Waals surface area contributed by atoms with E-state index >= 15 is 0 Å². The molecule has 1 aromatic rings. The Hall–Kier alpha value is -1.42. The van der Waals surface area contributed by atoms with Crippen LogP contribution in [0.4, 0.5) is 0 Å². The summed E-state index contributed by atoms with van der Waals surface area (Å²) in [5.41, 5.74) is 0.499. The van der Waals surface area contributed by atoms with Crippen molar-refractivity contribution in [3.05, 3.63) is 30.6 Å².